The van der Waals surface area contributed by atoms with Crippen molar-refractivity contribution >= 4 is 29.6 Å². The average molecular weight is 842 g/mol. The molecule has 4 amide bonds. The Morgan fingerprint density at radius 3 is 1.60 bits per heavy atom. The summed E-state index contributed by atoms with van der Waals surface area (Å²) in [6, 6.07) is -0.786. The number of amides is 4. The van der Waals surface area contributed by atoms with Gasteiger partial charge in [-0.05, 0) is 51.5 Å². The highest BCUT2D eigenvalue weighted by molar-refractivity contribution is 5.87. The summed E-state index contributed by atoms with van der Waals surface area (Å²) >= 11 is 0. The predicted molar refractivity (Wildman–Crippen MR) is 201 cm³/mol. The van der Waals surface area contributed by atoms with Gasteiger partial charge in [-0.25, -0.2) is 13.2 Å². The summed E-state index contributed by atoms with van der Waals surface area (Å²) in [5.74, 6) is -15.1. The van der Waals surface area contributed by atoms with Crippen molar-refractivity contribution in [1.29, 1.82) is 0 Å². The molecular formula is C38H60F5N5O10. The van der Waals surface area contributed by atoms with E-state index in [1.807, 2.05) is 0 Å². The van der Waals surface area contributed by atoms with Crippen molar-refractivity contribution in [3.05, 3.63) is 29.1 Å². The van der Waals surface area contributed by atoms with Crippen LogP contribution in [0.3, 0.4) is 0 Å². The standard InChI is InChI=1S/C38H60F5N5O10/c1-2-3-4-11-28(49)46-17-9-13-30(51)48-27(10-6-8-16-45-29(50)12-5-7-15-44)38(53)47-18-20-55-22-24-57-26-25-56-23-21-54-19-14-31(52)58-37-35(42)33(40)32(39)34(41)36(37)43/h27H,2-26,44H2,1H3,(H,45,50)(H,46,49)(H,47,53)(H,48,51)/t27-/m0/s1. The molecule has 1 atom stereocenters. The van der Waals surface area contributed by atoms with E-state index in [9.17, 15) is 45.9 Å². The molecule has 1 aromatic carbocycles. The van der Waals surface area contributed by atoms with Gasteiger partial charge in [-0.15, -0.1) is 0 Å². The Labute approximate surface area is 336 Å². The minimum absolute atomic E-state index is 0.0300. The van der Waals surface area contributed by atoms with Gasteiger partial charge in [0.15, 0.2) is 0 Å². The maximum Gasteiger partial charge on any atom is 0.313 e. The van der Waals surface area contributed by atoms with E-state index < -0.39 is 53.3 Å². The van der Waals surface area contributed by atoms with Gasteiger partial charge in [0.25, 0.3) is 0 Å². The van der Waals surface area contributed by atoms with Crippen LogP contribution in [0, 0.1) is 29.1 Å². The fraction of sp³-hybridized carbons (Fsp3) is 0.711. The highest BCUT2D eigenvalue weighted by Gasteiger charge is 2.28. The molecule has 58 heavy (non-hydrogen) atoms. The number of esters is 1. The number of unbranched alkanes of at least 4 members (excludes halogenated alkanes) is 4. The van der Waals surface area contributed by atoms with E-state index >= 15 is 0 Å². The number of hydrogen-bond donors (Lipinski definition) is 5. The largest absolute Gasteiger partial charge is 0.420 e. The summed E-state index contributed by atoms with van der Waals surface area (Å²) in [7, 11) is 0. The number of ether oxygens (including phenoxy) is 5. The Morgan fingerprint density at radius 1 is 0.534 bits per heavy atom. The zero-order chi connectivity index (χ0) is 43.0. The second-order valence-corrected chi connectivity index (χ2v) is 13.0. The van der Waals surface area contributed by atoms with Gasteiger partial charge in [0, 0.05) is 38.9 Å². The molecule has 332 valence electrons. The van der Waals surface area contributed by atoms with Gasteiger partial charge in [-0.3, -0.25) is 24.0 Å². The van der Waals surface area contributed by atoms with Gasteiger partial charge in [0.1, 0.15) is 6.04 Å². The van der Waals surface area contributed by atoms with Crippen molar-refractivity contribution in [2.45, 2.75) is 96.4 Å². The van der Waals surface area contributed by atoms with E-state index in [1.165, 1.54) is 0 Å². The van der Waals surface area contributed by atoms with E-state index in [0.29, 0.717) is 58.2 Å². The first-order chi connectivity index (χ1) is 27.9. The van der Waals surface area contributed by atoms with Crippen molar-refractivity contribution in [3.63, 3.8) is 0 Å². The molecule has 0 heterocycles. The summed E-state index contributed by atoms with van der Waals surface area (Å²) in [6.45, 7) is 4.54. The van der Waals surface area contributed by atoms with Crippen LogP contribution in [0.15, 0.2) is 0 Å². The van der Waals surface area contributed by atoms with Crippen molar-refractivity contribution in [2.75, 3.05) is 79.0 Å². The number of hydrogen-bond acceptors (Lipinski definition) is 11. The molecule has 1 aromatic rings. The molecule has 20 heteroatoms. The molecule has 0 unspecified atom stereocenters. The van der Waals surface area contributed by atoms with Crippen LogP contribution in [0.1, 0.15) is 90.4 Å². The van der Waals surface area contributed by atoms with Gasteiger partial charge in [-0.1, -0.05) is 19.8 Å². The molecule has 0 spiro atoms. The Bertz CT molecular complexity index is 1350. The van der Waals surface area contributed by atoms with Crippen molar-refractivity contribution < 1.29 is 69.6 Å². The molecule has 0 aliphatic rings. The Hall–Kier alpha value is -3.98. The molecule has 0 radical (unpaired) electrons. The quantitative estimate of drug-likeness (QED) is 0.0168. The first-order valence-electron chi connectivity index (χ1n) is 19.8. The van der Waals surface area contributed by atoms with E-state index in [2.05, 4.69) is 32.9 Å². The summed E-state index contributed by atoms with van der Waals surface area (Å²) < 4.78 is 92.4. The topological polar surface area (TPSA) is 206 Å². The van der Waals surface area contributed by atoms with Crippen LogP contribution < -0.4 is 31.7 Å². The maximum absolute atomic E-state index is 13.6. The van der Waals surface area contributed by atoms with E-state index in [1.54, 1.807) is 0 Å². The summed E-state index contributed by atoms with van der Waals surface area (Å²) in [6.07, 6.45) is 6.79. The van der Waals surface area contributed by atoms with Crippen LogP contribution >= 0.6 is 0 Å². The molecule has 0 bridgehead atoms. The Balaban J connectivity index is 2.23. The highest BCUT2D eigenvalue weighted by Crippen LogP contribution is 2.29. The first-order valence-corrected chi connectivity index (χ1v) is 19.8. The fourth-order valence-corrected chi connectivity index (χ4v) is 4.98. The third kappa shape index (κ3) is 24.1. The van der Waals surface area contributed by atoms with Gasteiger partial charge in [-0.2, -0.15) is 8.78 Å². The number of rotatable bonds is 35. The smallest absolute Gasteiger partial charge is 0.313 e. The van der Waals surface area contributed by atoms with E-state index in [-0.39, 0.29) is 89.4 Å². The normalized spacial score (nSPS) is 11.6. The molecular weight excluding hydrogens is 781 g/mol. The SMILES string of the molecule is CCCCCC(=O)NCCCC(=O)N[C@@H](CCCCNC(=O)CCCCN)C(=O)NCCOCCOCCOCCOCCC(=O)Oc1c(F)c(F)c(F)c(F)c1F. The molecule has 0 saturated heterocycles. The summed E-state index contributed by atoms with van der Waals surface area (Å²) in [5.41, 5.74) is 5.46. The zero-order valence-corrected chi connectivity index (χ0v) is 33.3. The molecule has 15 nitrogen and oxygen atoms in total. The molecule has 0 aliphatic carbocycles. The maximum atomic E-state index is 13.6. The highest BCUT2D eigenvalue weighted by atomic mass is 19.2. The van der Waals surface area contributed by atoms with Gasteiger partial charge in [0.2, 0.25) is 58.5 Å². The van der Waals surface area contributed by atoms with Gasteiger partial charge < -0.3 is 50.7 Å². The predicted octanol–water partition coefficient (Wildman–Crippen LogP) is 3.24. The number of nitrogens with one attached hydrogen (secondary N) is 4. The Morgan fingerprint density at radius 2 is 1.03 bits per heavy atom. The van der Waals surface area contributed by atoms with Gasteiger partial charge >= 0.3 is 5.97 Å². The lowest BCUT2D eigenvalue weighted by atomic mass is 10.1. The van der Waals surface area contributed by atoms with E-state index in [4.69, 9.17) is 24.7 Å². The lowest BCUT2D eigenvalue weighted by Crippen LogP contribution is -2.47. The average Bonchev–Trinajstić information content (AvgIpc) is 3.20. The third-order valence-corrected chi connectivity index (χ3v) is 8.16. The number of halogens is 5. The van der Waals surface area contributed by atoms with Gasteiger partial charge in [0.05, 0.1) is 59.3 Å². The van der Waals surface area contributed by atoms with Crippen molar-refractivity contribution in [3.8, 4) is 5.75 Å². The number of carbonyl (C=O) groups is 5. The van der Waals surface area contributed by atoms with Crippen LogP contribution in [0.5, 0.6) is 5.75 Å². The number of carbonyl (C=O) groups excluding carboxylic acids is 5. The van der Waals surface area contributed by atoms with Crippen molar-refractivity contribution in [1.82, 2.24) is 21.3 Å². The molecule has 0 saturated carbocycles. The molecule has 0 fully saturated rings. The first kappa shape index (κ1) is 52.0. The third-order valence-electron chi connectivity index (χ3n) is 8.16. The lowest BCUT2D eigenvalue weighted by molar-refractivity contribution is -0.136. The second kappa shape index (κ2) is 32.9. The second-order valence-electron chi connectivity index (χ2n) is 13.0. The summed E-state index contributed by atoms with van der Waals surface area (Å²) in [5, 5.41) is 11.2. The van der Waals surface area contributed by atoms with Crippen LogP contribution in [0.2, 0.25) is 0 Å². The minimum atomic E-state index is -2.37. The monoisotopic (exact) mass is 841 g/mol. The van der Waals surface area contributed by atoms with Crippen LogP contribution in [0.25, 0.3) is 0 Å². The van der Waals surface area contributed by atoms with Crippen molar-refractivity contribution in [2.24, 2.45) is 5.73 Å². The Kier molecular flexibility index (Phi) is 29.5. The van der Waals surface area contributed by atoms with E-state index in [0.717, 1.165) is 32.1 Å². The lowest BCUT2D eigenvalue weighted by Gasteiger charge is -2.19. The molecule has 6 N–H and O–H groups in total. The fourth-order valence-electron chi connectivity index (χ4n) is 4.98. The molecule has 1 rings (SSSR count). The van der Waals surface area contributed by atoms with Crippen LogP contribution in [-0.2, 0) is 42.9 Å². The van der Waals surface area contributed by atoms with Crippen LogP contribution in [-0.4, -0.2) is 115 Å². The minimum Gasteiger partial charge on any atom is -0.420 e. The number of nitrogens with two attached hydrogens (primary N) is 1. The number of benzene rings is 1. The molecule has 0 aromatic heterocycles. The zero-order valence-electron chi connectivity index (χ0n) is 33.3. The molecule has 0 aliphatic heterocycles. The van der Waals surface area contributed by atoms with Crippen LogP contribution in [0.4, 0.5) is 22.0 Å². The summed E-state index contributed by atoms with van der Waals surface area (Å²) in [4.78, 5) is 61.2.